The van der Waals surface area contributed by atoms with Crippen molar-refractivity contribution >= 4 is 0 Å². The van der Waals surface area contributed by atoms with Crippen molar-refractivity contribution in [1.29, 1.82) is 0 Å². The van der Waals surface area contributed by atoms with E-state index in [1.54, 1.807) is 0 Å². The zero-order valence-corrected chi connectivity index (χ0v) is 11.6. The van der Waals surface area contributed by atoms with Crippen LogP contribution in [0.3, 0.4) is 0 Å². The molecule has 0 heterocycles. The van der Waals surface area contributed by atoms with Gasteiger partial charge in [-0.25, -0.2) is 0 Å². The van der Waals surface area contributed by atoms with Crippen LogP contribution < -0.4 is 5.32 Å². The summed E-state index contributed by atoms with van der Waals surface area (Å²) in [4.78, 5) is 0. The number of rotatable bonds is 5. The number of hydrogen-bond acceptors (Lipinski definition) is 2. The standard InChI is InChI=1S/C16H25NO/c1-3-11-17-15-10-9-14(12-16(15)18-2)13-7-5-4-6-8-13/h4-8,14-17H,3,9-12H2,1-2H3. The molecular weight excluding hydrogens is 222 g/mol. The van der Waals surface area contributed by atoms with Crippen LogP contribution in [0, 0.1) is 0 Å². The van der Waals surface area contributed by atoms with Gasteiger partial charge in [0.15, 0.2) is 0 Å². The van der Waals surface area contributed by atoms with Gasteiger partial charge in [0, 0.05) is 13.2 Å². The molecule has 0 aliphatic heterocycles. The van der Waals surface area contributed by atoms with Crippen LogP contribution in [-0.2, 0) is 4.74 Å². The van der Waals surface area contributed by atoms with Crippen LogP contribution in [0.25, 0.3) is 0 Å². The number of hydrogen-bond donors (Lipinski definition) is 1. The zero-order valence-electron chi connectivity index (χ0n) is 11.6. The molecule has 1 saturated carbocycles. The highest BCUT2D eigenvalue weighted by Gasteiger charge is 2.30. The van der Waals surface area contributed by atoms with Crippen LogP contribution in [-0.4, -0.2) is 25.8 Å². The zero-order chi connectivity index (χ0) is 12.8. The molecule has 0 bridgehead atoms. The molecule has 100 valence electrons. The maximum absolute atomic E-state index is 5.69. The van der Waals surface area contributed by atoms with Crippen molar-refractivity contribution < 1.29 is 4.74 Å². The van der Waals surface area contributed by atoms with Crippen molar-refractivity contribution in [3.05, 3.63) is 35.9 Å². The van der Waals surface area contributed by atoms with Crippen LogP contribution in [0.4, 0.5) is 0 Å². The summed E-state index contributed by atoms with van der Waals surface area (Å²) < 4.78 is 5.69. The van der Waals surface area contributed by atoms with Crippen molar-refractivity contribution in [3.63, 3.8) is 0 Å². The Hall–Kier alpha value is -0.860. The summed E-state index contributed by atoms with van der Waals surface area (Å²) in [7, 11) is 1.85. The van der Waals surface area contributed by atoms with E-state index < -0.39 is 0 Å². The SMILES string of the molecule is CCCNC1CCC(c2ccccc2)CC1OC. The second kappa shape index (κ2) is 6.91. The van der Waals surface area contributed by atoms with Crippen LogP contribution in [0.15, 0.2) is 30.3 Å². The van der Waals surface area contributed by atoms with E-state index in [1.165, 1.54) is 24.8 Å². The third kappa shape index (κ3) is 3.33. The van der Waals surface area contributed by atoms with Gasteiger partial charge in [-0.3, -0.25) is 0 Å². The van der Waals surface area contributed by atoms with E-state index in [4.69, 9.17) is 4.74 Å². The number of ether oxygens (including phenoxy) is 1. The molecule has 0 spiro atoms. The Morgan fingerprint density at radius 1 is 1.22 bits per heavy atom. The first kappa shape index (κ1) is 13.6. The van der Waals surface area contributed by atoms with Gasteiger partial charge in [0.1, 0.15) is 0 Å². The van der Waals surface area contributed by atoms with Crippen LogP contribution in [0.5, 0.6) is 0 Å². The minimum atomic E-state index is 0.357. The molecule has 3 unspecified atom stereocenters. The first-order valence-electron chi connectivity index (χ1n) is 7.16. The van der Waals surface area contributed by atoms with E-state index in [-0.39, 0.29) is 0 Å². The smallest absolute Gasteiger partial charge is 0.0730 e. The molecule has 1 N–H and O–H groups in total. The molecule has 0 aromatic heterocycles. The minimum Gasteiger partial charge on any atom is -0.380 e. The largest absolute Gasteiger partial charge is 0.380 e. The summed E-state index contributed by atoms with van der Waals surface area (Å²) in [6.45, 7) is 3.31. The lowest BCUT2D eigenvalue weighted by Crippen LogP contribution is -2.45. The molecule has 1 aromatic rings. The van der Waals surface area contributed by atoms with Gasteiger partial charge in [0.05, 0.1) is 6.10 Å². The van der Waals surface area contributed by atoms with Gasteiger partial charge >= 0.3 is 0 Å². The number of methoxy groups -OCH3 is 1. The maximum atomic E-state index is 5.69. The lowest BCUT2D eigenvalue weighted by Gasteiger charge is -2.36. The minimum absolute atomic E-state index is 0.357. The van der Waals surface area contributed by atoms with Crippen LogP contribution in [0.2, 0.25) is 0 Å². The Bertz CT molecular complexity index is 338. The average Bonchev–Trinajstić information content (AvgIpc) is 2.46. The van der Waals surface area contributed by atoms with Crippen molar-refractivity contribution in [2.45, 2.75) is 50.7 Å². The fourth-order valence-corrected chi connectivity index (χ4v) is 2.98. The molecule has 0 radical (unpaired) electrons. The van der Waals surface area contributed by atoms with Gasteiger partial charge in [-0.1, -0.05) is 37.3 Å². The normalized spacial score (nSPS) is 28.2. The average molecular weight is 247 g/mol. The third-order valence-electron chi connectivity index (χ3n) is 4.02. The highest BCUT2D eigenvalue weighted by Crippen LogP contribution is 2.34. The van der Waals surface area contributed by atoms with Gasteiger partial charge in [0.2, 0.25) is 0 Å². The molecule has 0 amide bonds. The lowest BCUT2D eigenvalue weighted by atomic mass is 9.80. The molecule has 1 aliphatic rings. The summed E-state index contributed by atoms with van der Waals surface area (Å²) in [5.74, 6) is 0.663. The lowest BCUT2D eigenvalue weighted by molar-refractivity contribution is 0.0349. The topological polar surface area (TPSA) is 21.3 Å². The summed E-state index contributed by atoms with van der Waals surface area (Å²) in [5.41, 5.74) is 1.47. The second-order valence-corrected chi connectivity index (χ2v) is 5.26. The Labute approximate surface area is 111 Å². The maximum Gasteiger partial charge on any atom is 0.0730 e. The Morgan fingerprint density at radius 3 is 2.67 bits per heavy atom. The van der Waals surface area contributed by atoms with Gasteiger partial charge in [-0.15, -0.1) is 0 Å². The van der Waals surface area contributed by atoms with E-state index in [0.29, 0.717) is 18.1 Å². The van der Waals surface area contributed by atoms with Crippen molar-refractivity contribution in [2.75, 3.05) is 13.7 Å². The van der Waals surface area contributed by atoms with Crippen LogP contribution >= 0.6 is 0 Å². The number of benzene rings is 1. The quantitative estimate of drug-likeness (QED) is 0.861. The third-order valence-corrected chi connectivity index (χ3v) is 4.02. The predicted octanol–water partition coefficient (Wildman–Crippen LogP) is 3.34. The predicted molar refractivity (Wildman–Crippen MR) is 75.9 cm³/mol. The summed E-state index contributed by atoms with van der Waals surface area (Å²) in [6, 6.07) is 11.4. The molecule has 1 aliphatic carbocycles. The number of nitrogens with one attached hydrogen (secondary N) is 1. The van der Waals surface area contributed by atoms with E-state index >= 15 is 0 Å². The van der Waals surface area contributed by atoms with E-state index in [1.807, 2.05) is 7.11 Å². The molecule has 18 heavy (non-hydrogen) atoms. The van der Waals surface area contributed by atoms with E-state index in [9.17, 15) is 0 Å². The summed E-state index contributed by atoms with van der Waals surface area (Å²) >= 11 is 0. The van der Waals surface area contributed by atoms with Crippen molar-refractivity contribution in [2.24, 2.45) is 0 Å². The Balaban J connectivity index is 1.96. The van der Waals surface area contributed by atoms with E-state index in [0.717, 1.165) is 13.0 Å². The van der Waals surface area contributed by atoms with Gasteiger partial charge < -0.3 is 10.1 Å². The highest BCUT2D eigenvalue weighted by molar-refractivity contribution is 5.20. The molecule has 2 rings (SSSR count). The first-order valence-corrected chi connectivity index (χ1v) is 7.16. The molecular formula is C16H25NO. The fourth-order valence-electron chi connectivity index (χ4n) is 2.98. The van der Waals surface area contributed by atoms with Gasteiger partial charge in [-0.2, -0.15) is 0 Å². The molecule has 1 aromatic carbocycles. The summed E-state index contributed by atoms with van der Waals surface area (Å²) in [6.07, 6.45) is 5.18. The molecule has 0 saturated heterocycles. The van der Waals surface area contributed by atoms with E-state index in [2.05, 4.69) is 42.6 Å². The van der Waals surface area contributed by atoms with Crippen LogP contribution in [0.1, 0.15) is 44.1 Å². The molecule has 1 fully saturated rings. The van der Waals surface area contributed by atoms with Crippen molar-refractivity contribution in [1.82, 2.24) is 5.32 Å². The highest BCUT2D eigenvalue weighted by atomic mass is 16.5. The van der Waals surface area contributed by atoms with Crippen molar-refractivity contribution in [3.8, 4) is 0 Å². The Kier molecular flexibility index (Phi) is 5.21. The monoisotopic (exact) mass is 247 g/mol. The molecule has 2 nitrogen and oxygen atoms in total. The van der Waals surface area contributed by atoms with Gasteiger partial charge in [-0.05, 0) is 43.7 Å². The van der Waals surface area contributed by atoms with Gasteiger partial charge in [0.25, 0.3) is 0 Å². The Morgan fingerprint density at radius 2 is 2.00 bits per heavy atom. The molecule has 2 heteroatoms. The summed E-state index contributed by atoms with van der Waals surface area (Å²) in [5, 5.41) is 3.62. The second-order valence-electron chi connectivity index (χ2n) is 5.26. The first-order chi connectivity index (χ1) is 8.85. The fraction of sp³-hybridized carbons (Fsp3) is 0.625. The molecule has 3 atom stereocenters.